The highest BCUT2D eigenvalue weighted by atomic mass is 35.5. The lowest BCUT2D eigenvalue weighted by Crippen LogP contribution is -2.54. The average molecular weight is 423 g/mol. The minimum Gasteiger partial charge on any atom is -0.378 e. The molecule has 1 amide bonds. The van der Waals surface area contributed by atoms with Crippen LogP contribution in [0, 0.1) is 6.92 Å². The molecule has 1 aromatic heterocycles. The normalized spacial score (nSPS) is 20.4. The van der Waals surface area contributed by atoms with Gasteiger partial charge >= 0.3 is 0 Å². The van der Waals surface area contributed by atoms with Crippen LogP contribution in [0.3, 0.4) is 0 Å². The van der Waals surface area contributed by atoms with Crippen LogP contribution >= 0.6 is 24.8 Å². The summed E-state index contributed by atoms with van der Waals surface area (Å²) in [5.74, 6) is -0.135. The van der Waals surface area contributed by atoms with E-state index in [-0.39, 0.29) is 36.3 Å². The monoisotopic (exact) mass is 422 g/mol. The third-order valence-electron chi connectivity index (χ3n) is 5.28. The van der Waals surface area contributed by atoms with E-state index in [1.807, 2.05) is 11.6 Å². The summed E-state index contributed by atoms with van der Waals surface area (Å²) in [6, 6.07) is 0.337. The van der Waals surface area contributed by atoms with Gasteiger partial charge in [0.1, 0.15) is 0 Å². The van der Waals surface area contributed by atoms with Gasteiger partial charge < -0.3 is 15.4 Å². The number of aromatic nitrogens is 3. The maximum Gasteiger partial charge on any atom is 0.273 e. The second-order valence-electron chi connectivity index (χ2n) is 7.56. The van der Waals surface area contributed by atoms with Gasteiger partial charge in [-0.3, -0.25) is 9.69 Å². The van der Waals surface area contributed by atoms with Crippen molar-refractivity contribution in [1.82, 2.24) is 30.5 Å². The Hall–Kier alpha value is -0.930. The van der Waals surface area contributed by atoms with Gasteiger partial charge in [0.2, 0.25) is 0 Å². The Bertz CT molecular complexity index is 604. The lowest BCUT2D eigenvalue weighted by atomic mass is 10.0. The van der Waals surface area contributed by atoms with Crippen LogP contribution in [0.5, 0.6) is 0 Å². The molecule has 0 saturated carbocycles. The van der Waals surface area contributed by atoms with E-state index in [4.69, 9.17) is 4.74 Å². The first-order valence-corrected chi connectivity index (χ1v) is 9.22. The summed E-state index contributed by atoms with van der Waals surface area (Å²) in [5.41, 5.74) is 1.31. The summed E-state index contributed by atoms with van der Waals surface area (Å²) in [7, 11) is 0. The van der Waals surface area contributed by atoms with Gasteiger partial charge in [0.05, 0.1) is 24.9 Å². The second kappa shape index (κ2) is 10.6. The summed E-state index contributed by atoms with van der Waals surface area (Å²) in [6.07, 6.45) is 2.05. The van der Waals surface area contributed by atoms with Crippen molar-refractivity contribution < 1.29 is 9.53 Å². The molecule has 0 unspecified atom stereocenters. The molecule has 0 spiro atoms. The maximum absolute atomic E-state index is 12.5. The van der Waals surface area contributed by atoms with Crippen molar-refractivity contribution >= 4 is 30.7 Å². The molecule has 8 nitrogen and oxygen atoms in total. The Morgan fingerprint density at radius 1 is 1.33 bits per heavy atom. The predicted molar refractivity (Wildman–Crippen MR) is 109 cm³/mol. The van der Waals surface area contributed by atoms with Gasteiger partial charge in [-0.1, -0.05) is 5.21 Å². The zero-order valence-corrected chi connectivity index (χ0v) is 18.0. The SMILES string of the molecule is Cc1c(C(=O)NCCN2CCOCC2(C)C)nnn1C1CCNCC1.Cl.Cl. The summed E-state index contributed by atoms with van der Waals surface area (Å²) in [4.78, 5) is 14.8. The van der Waals surface area contributed by atoms with Crippen molar-refractivity contribution in [3.05, 3.63) is 11.4 Å². The van der Waals surface area contributed by atoms with Gasteiger partial charge in [-0.05, 0) is 46.7 Å². The van der Waals surface area contributed by atoms with Crippen molar-refractivity contribution in [2.45, 2.75) is 45.2 Å². The van der Waals surface area contributed by atoms with Crippen LogP contribution in [0.15, 0.2) is 0 Å². The molecule has 0 radical (unpaired) electrons. The standard InChI is InChI=1S/C17H30N6O2.2ClH/c1-13-15(20-21-23(13)14-4-6-18-7-5-14)16(24)19-8-9-22-10-11-25-12-17(22,2)3;;/h14,18H,4-12H2,1-3H3,(H,19,24);2*1H. The smallest absolute Gasteiger partial charge is 0.273 e. The van der Waals surface area contributed by atoms with E-state index >= 15 is 0 Å². The topological polar surface area (TPSA) is 84.3 Å². The number of amides is 1. The first kappa shape index (κ1) is 24.1. The molecule has 3 heterocycles. The van der Waals surface area contributed by atoms with Crippen LogP contribution in [-0.2, 0) is 4.74 Å². The number of nitrogens with one attached hydrogen (secondary N) is 2. The lowest BCUT2D eigenvalue weighted by Gasteiger charge is -2.42. The molecule has 2 aliphatic heterocycles. The fraction of sp³-hybridized carbons (Fsp3) is 0.824. The van der Waals surface area contributed by atoms with E-state index in [2.05, 4.69) is 39.7 Å². The maximum atomic E-state index is 12.5. The molecule has 0 aliphatic carbocycles. The predicted octanol–water partition coefficient (Wildman–Crippen LogP) is 1.20. The molecule has 2 aliphatic rings. The van der Waals surface area contributed by atoms with Gasteiger partial charge in [0.15, 0.2) is 5.69 Å². The molecule has 3 rings (SSSR count). The molecule has 0 aromatic carbocycles. The van der Waals surface area contributed by atoms with Crippen LogP contribution < -0.4 is 10.6 Å². The molecule has 2 N–H and O–H groups in total. The zero-order valence-electron chi connectivity index (χ0n) is 16.4. The molecule has 27 heavy (non-hydrogen) atoms. The van der Waals surface area contributed by atoms with Crippen LogP contribution in [-0.4, -0.2) is 77.3 Å². The van der Waals surface area contributed by atoms with Crippen LogP contribution in [0.2, 0.25) is 0 Å². The van der Waals surface area contributed by atoms with Gasteiger partial charge in [-0.2, -0.15) is 0 Å². The number of nitrogens with zero attached hydrogens (tertiary/aromatic N) is 4. The van der Waals surface area contributed by atoms with Crippen LogP contribution in [0.4, 0.5) is 0 Å². The van der Waals surface area contributed by atoms with E-state index in [0.29, 0.717) is 18.3 Å². The van der Waals surface area contributed by atoms with Crippen molar-refractivity contribution in [1.29, 1.82) is 0 Å². The number of morpholine rings is 1. The summed E-state index contributed by atoms with van der Waals surface area (Å²) in [6.45, 7) is 12.0. The lowest BCUT2D eigenvalue weighted by molar-refractivity contribution is -0.0498. The Labute approximate surface area is 173 Å². The van der Waals surface area contributed by atoms with Gasteiger partial charge in [0, 0.05) is 25.2 Å². The minimum atomic E-state index is -0.135. The number of carbonyl (C=O) groups is 1. The van der Waals surface area contributed by atoms with Crippen molar-refractivity contribution in [2.75, 3.05) is 45.9 Å². The number of halogens is 2. The molecule has 156 valence electrons. The van der Waals surface area contributed by atoms with Gasteiger partial charge in [-0.25, -0.2) is 4.68 Å². The summed E-state index contributed by atoms with van der Waals surface area (Å²) < 4.78 is 7.45. The fourth-order valence-electron chi connectivity index (χ4n) is 3.64. The zero-order chi connectivity index (χ0) is 17.9. The Kier molecular flexibility index (Phi) is 9.44. The van der Waals surface area contributed by atoms with E-state index in [9.17, 15) is 4.79 Å². The van der Waals surface area contributed by atoms with E-state index in [1.165, 1.54) is 0 Å². The third-order valence-corrected chi connectivity index (χ3v) is 5.28. The Morgan fingerprint density at radius 3 is 2.70 bits per heavy atom. The highest BCUT2D eigenvalue weighted by molar-refractivity contribution is 5.93. The van der Waals surface area contributed by atoms with E-state index < -0.39 is 0 Å². The quantitative estimate of drug-likeness (QED) is 0.741. The summed E-state index contributed by atoms with van der Waals surface area (Å²) >= 11 is 0. The molecule has 2 fully saturated rings. The van der Waals surface area contributed by atoms with Crippen molar-refractivity contribution in [3.8, 4) is 0 Å². The highest BCUT2D eigenvalue weighted by Gasteiger charge is 2.30. The fourth-order valence-corrected chi connectivity index (χ4v) is 3.64. The highest BCUT2D eigenvalue weighted by Crippen LogP contribution is 2.20. The molecule has 0 bridgehead atoms. The first-order chi connectivity index (χ1) is 12.0. The number of carbonyl (C=O) groups excluding carboxylic acids is 1. The first-order valence-electron chi connectivity index (χ1n) is 9.22. The van der Waals surface area contributed by atoms with Crippen molar-refractivity contribution in [2.24, 2.45) is 0 Å². The molecular weight excluding hydrogens is 391 g/mol. The van der Waals surface area contributed by atoms with E-state index in [1.54, 1.807) is 0 Å². The van der Waals surface area contributed by atoms with Crippen molar-refractivity contribution in [3.63, 3.8) is 0 Å². The number of ether oxygens (including phenoxy) is 1. The number of hydrogen-bond donors (Lipinski definition) is 2. The van der Waals surface area contributed by atoms with Crippen LogP contribution in [0.1, 0.15) is 48.9 Å². The van der Waals surface area contributed by atoms with Gasteiger partial charge in [0.25, 0.3) is 5.91 Å². The average Bonchev–Trinajstić information content (AvgIpc) is 2.98. The second-order valence-corrected chi connectivity index (χ2v) is 7.56. The minimum absolute atomic E-state index is 0. The molecular formula is C17H32Cl2N6O2. The third kappa shape index (κ3) is 5.77. The summed E-state index contributed by atoms with van der Waals surface area (Å²) in [5, 5.41) is 14.7. The molecule has 10 heteroatoms. The number of piperidine rings is 1. The van der Waals surface area contributed by atoms with E-state index in [0.717, 1.165) is 57.9 Å². The molecule has 0 atom stereocenters. The largest absolute Gasteiger partial charge is 0.378 e. The number of hydrogen-bond acceptors (Lipinski definition) is 6. The molecule has 1 aromatic rings. The Morgan fingerprint density at radius 2 is 2.04 bits per heavy atom. The van der Waals surface area contributed by atoms with Crippen LogP contribution in [0.25, 0.3) is 0 Å². The number of rotatable bonds is 5. The van der Waals surface area contributed by atoms with Gasteiger partial charge in [-0.15, -0.1) is 29.9 Å². The molecule has 2 saturated heterocycles. The Balaban J connectivity index is 0.00000182.